The fraction of sp³-hybridized carbons (Fsp3) is 0.700. The number of nitriles is 1. The van der Waals surface area contributed by atoms with Gasteiger partial charge in [0, 0.05) is 6.04 Å². The number of nitrogens with zero attached hydrogens (tertiary/aromatic N) is 2. The number of carboxylic acid groups (broad SMARTS) is 1. The van der Waals surface area contributed by atoms with Crippen LogP contribution in [0.4, 0.5) is 0 Å². The molecular formula is C10H15N3O3. The average Bonchev–Trinajstić information content (AvgIpc) is 2.62. The highest BCUT2D eigenvalue weighted by atomic mass is 16.4. The van der Waals surface area contributed by atoms with Crippen LogP contribution in [-0.4, -0.2) is 47.6 Å². The quantitative estimate of drug-likeness (QED) is 0.619. The topological polar surface area (TPSA) is 93.4 Å². The molecule has 0 aliphatic carbocycles. The first-order chi connectivity index (χ1) is 7.63. The van der Waals surface area contributed by atoms with Gasteiger partial charge in [-0.05, 0) is 19.4 Å². The summed E-state index contributed by atoms with van der Waals surface area (Å²) in [6, 6.07) is 1.77. The monoisotopic (exact) mass is 225 g/mol. The van der Waals surface area contributed by atoms with Gasteiger partial charge in [-0.3, -0.25) is 14.5 Å². The van der Waals surface area contributed by atoms with E-state index in [1.54, 1.807) is 0 Å². The van der Waals surface area contributed by atoms with Gasteiger partial charge in [-0.1, -0.05) is 0 Å². The molecule has 0 radical (unpaired) electrons. The van der Waals surface area contributed by atoms with E-state index in [0.717, 1.165) is 19.4 Å². The van der Waals surface area contributed by atoms with Crippen LogP contribution < -0.4 is 5.32 Å². The maximum atomic E-state index is 11.3. The van der Waals surface area contributed by atoms with Crippen LogP contribution in [0.25, 0.3) is 0 Å². The van der Waals surface area contributed by atoms with E-state index in [1.165, 1.54) is 0 Å². The van der Waals surface area contributed by atoms with Gasteiger partial charge in [0.25, 0.3) is 0 Å². The molecule has 0 aromatic carbocycles. The van der Waals surface area contributed by atoms with Gasteiger partial charge in [-0.2, -0.15) is 5.26 Å². The summed E-state index contributed by atoms with van der Waals surface area (Å²) in [4.78, 5) is 23.8. The minimum absolute atomic E-state index is 0.00370. The van der Waals surface area contributed by atoms with Crippen molar-refractivity contribution in [1.82, 2.24) is 10.2 Å². The van der Waals surface area contributed by atoms with Gasteiger partial charge < -0.3 is 10.4 Å². The molecule has 0 spiro atoms. The van der Waals surface area contributed by atoms with E-state index in [2.05, 4.69) is 5.32 Å². The molecule has 1 rings (SSSR count). The molecule has 1 aliphatic heterocycles. The summed E-state index contributed by atoms with van der Waals surface area (Å²) in [6.07, 6.45) is 1.81. The molecule has 1 unspecified atom stereocenters. The number of amides is 1. The van der Waals surface area contributed by atoms with Gasteiger partial charge in [0.1, 0.15) is 6.54 Å². The molecule has 0 aromatic rings. The summed E-state index contributed by atoms with van der Waals surface area (Å²) in [5.41, 5.74) is 0. The van der Waals surface area contributed by atoms with Crippen molar-refractivity contribution in [3.8, 4) is 6.07 Å². The van der Waals surface area contributed by atoms with E-state index in [1.807, 2.05) is 11.0 Å². The lowest BCUT2D eigenvalue weighted by Gasteiger charge is -2.21. The molecule has 6 heteroatoms. The Morgan fingerprint density at radius 2 is 2.31 bits per heavy atom. The number of carboxylic acids is 1. The number of carbonyl (C=O) groups excluding carboxylic acids is 1. The van der Waals surface area contributed by atoms with Crippen LogP contribution in [0.3, 0.4) is 0 Å². The largest absolute Gasteiger partial charge is 0.481 e. The van der Waals surface area contributed by atoms with E-state index in [-0.39, 0.29) is 31.5 Å². The van der Waals surface area contributed by atoms with Crippen molar-refractivity contribution in [2.75, 3.05) is 19.6 Å². The van der Waals surface area contributed by atoms with Crippen LogP contribution >= 0.6 is 0 Å². The Labute approximate surface area is 93.8 Å². The van der Waals surface area contributed by atoms with Crippen LogP contribution in [0.15, 0.2) is 0 Å². The molecule has 0 saturated carbocycles. The molecule has 1 fully saturated rings. The number of nitrogens with one attached hydrogen (secondary N) is 1. The van der Waals surface area contributed by atoms with Crippen molar-refractivity contribution in [1.29, 1.82) is 5.26 Å². The molecule has 0 bridgehead atoms. The van der Waals surface area contributed by atoms with E-state index < -0.39 is 5.97 Å². The lowest BCUT2D eigenvalue weighted by Crippen LogP contribution is -2.40. The van der Waals surface area contributed by atoms with Gasteiger partial charge in [0.2, 0.25) is 5.91 Å². The molecule has 16 heavy (non-hydrogen) atoms. The third-order valence-corrected chi connectivity index (χ3v) is 2.62. The summed E-state index contributed by atoms with van der Waals surface area (Å²) >= 11 is 0. The Bertz CT molecular complexity index is 311. The van der Waals surface area contributed by atoms with Crippen molar-refractivity contribution >= 4 is 11.9 Å². The molecule has 1 heterocycles. The molecule has 0 aromatic heterocycles. The first-order valence-corrected chi connectivity index (χ1v) is 5.23. The highest BCUT2D eigenvalue weighted by Gasteiger charge is 2.27. The first kappa shape index (κ1) is 12.5. The van der Waals surface area contributed by atoms with Crippen LogP contribution in [0, 0.1) is 11.3 Å². The zero-order valence-corrected chi connectivity index (χ0v) is 8.98. The lowest BCUT2D eigenvalue weighted by atomic mass is 10.1. The smallest absolute Gasteiger partial charge is 0.304 e. The van der Waals surface area contributed by atoms with Gasteiger partial charge in [0.05, 0.1) is 19.0 Å². The highest BCUT2D eigenvalue weighted by molar-refractivity contribution is 5.78. The number of rotatable bonds is 5. The Morgan fingerprint density at radius 3 is 2.94 bits per heavy atom. The van der Waals surface area contributed by atoms with Crippen molar-refractivity contribution < 1.29 is 14.7 Å². The summed E-state index contributed by atoms with van der Waals surface area (Å²) in [5.74, 6) is -1.06. The number of likely N-dealkylation sites (tertiary alicyclic amines) is 1. The number of aliphatic carboxylic acids is 1. The van der Waals surface area contributed by atoms with E-state index in [4.69, 9.17) is 10.4 Å². The van der Waals surface area contributed by atoms with Gasteiger partial charge in [-0.15, -0.1) is 0 Å². The van der Waals surface area contributed by atoms with Gasteiger partial charge in [0.15, 0.2) is 0 Å². The Hall–Kier alpha value is -1.61. The molecule has 88 valence electrons. The molecule has 1 saturated heterocycles. The van der Waals surface area contributed by atoms with Crippen molar-refractivity contribution in [2.24, 2.45) is 0 Å². The minimum atomic E-state index is -0.839. The first-order valence-electron chi connectivity index (χ1n) is 5.23. The highest BCUT2D eigenvalue weighted by Crippen LogP contribution is 2.19. The predicted molar refractivity (Wildman–Crippen MR) is 55.5 cm³/mol. The van der Waals surface area contributed by atoms with Crippen molar-refractivity contribution in [3.63, 3.8) is 0 Å². The summed E-state index contributed by atoms with van der Waals surface area (Å²) in [7, 11) is 0. The zero-order valence-electron chi connectivity index (χ0n) is 8.98. The second-order valence-corrected chi connectivity index (χ2v) is 3.80. The third-order valence-electron chi connectivity index (χ3n) is 2.62. The zero-order chi connectivity index (χ0) is 12.0. The van der Waals surface area contributed by atoms with Crippen LogP contribution in [0.2, 0.25) is 0 Å². The maximum Gasteiger partial charge on any atom is 0.304 e. The standard InChI is InChI=1S/C10H15N3O3/c11-3-4-12-9(14)7-13-5-1-2-8(13)6-10(15)16/h8H,1-2,4-7H2,(H,12,14)(H,15,16). The fourth-order valence-corrected chi connectivity index (χ4v) is 1.91. The summed E-state index contributed by atoms with van der Waals surface area (Å²) in [6.45, 7) is 0.924. The van der Waals surface area contributed by atoms with Crippen LogP contribution in [0.5, 0.6) is 0 Å². The molecule has 1 aliphatic rings. The maximum absolute atomic E-state index is 11.3. The number of carbonyl (C=O) groups is 2. The average molecular weight is 225 g/mol. The second kappa shape index (κ2) is 6.08. The molecule has 1 amide bonds. The van der Waals surface area contributed by atoms with Gasteiger partial charge in [-0.25, -0.2) is 0 Å². The number of hydrogen-bond acceptors (Lipinski definition) is 4. The normalized spacial score (nSPS) is 20.3. The molecule has 6 nitrogen and oxygen atoms in total. The summed E-state index contributed by atoms with van der Waals surface area (Å²) in [5, 5.41) is 19.4. The summed E-state index contributed by atoms with van der Waals surface area (Å²) < 4.78 is 0. The van der Waals surface area contributed by atoms with Crippen LogP contribution in [-0.2, 0) is 9.59 Å². The van der Waals surface area contributed by atoms with E-state index >= 15 is 0 Å². The SMILES string of the molecule is N#CCNC(=O)CN1CCCC1CC(=O)O. The van der Waals surface area contributed by atoms with E-state index in [0.29, 0.717) is 0 Å². The Morgan fingerprint density at radius 1 is 1.56 bits per heavy atom. The number of hydrogen-bond donors (Lipinski definition) is 2. The van der Waals surface area contributed by atoms with Crippen molar-refractivity contribution in [3.05, 3.63) is 0 Å². The predicted octanol–water partition coefficient (Wildman–Crippen LogP) is -0.435. The Kier molecular flexibility index (Phi) is 4.73. The van der Waals surface area contributed by atoms with Crippen molar-refractivity contribution in [2.45, 2.75) is 25.3 Å². The fourth-order valence-electron chi connectivity index (χ4n) is 1.91. The second-order valence-electron chi connectivity index (χ2n) is 3.80. The Balaban J connectivity index is 2.37. The molecular weight excluding hydrogens is 210 g/mol. The van der Waals surface area contributed by atoms with Gasteiger partial charge >= 0.3 is 5.97 Å². The van der Waals surface area contributed by atoms with E-state index in [9.17, 15) is 9.59 Å². The molecule has 1 atom stereocenters. The lowest BCUT2D eigenvalue weighted by molar-refractivity contribution is -0.138. The molecule has 2 N–H and O–H groups in total. The minimum Gasteiger partial charge on any atom is -0.481 e. The third kappa shape index (κ3) is 3.87. The van der Waals surface area contributed by atoms with Crippen LogP contribution in [0.1, 0.15) is 19.3 Å².